The van der Waals surface area contributed by atoms with Crippen molar-refractivity contribution in [3.05, 3.63) is 55.7 Å². The van der Waals surface area contributed by atoms with Crippen molar-refractivity contribution in [2.24, 2.45) is 0 Å². The molecule has 4 heteroatoms. The molecule has 1 aliphatic rings. The van der Waals surface area contributed by atoms with Crippen molar-refractivity contribution in [3.8, 4) is 0 Å². The van der Waals surface area contributed by atoms with Gasteiger partial charge in [0.15, 0.2) is 5.78 Å². The SMILES string of the molecule is Cc1cc(C(=O)CC2OCCc3ccccc32)sc1Br. The quantitative estimate of drug-likeness (QED) is 0.749. The average Bonchev–Trinajstić information content (AvgIpc) is 2.79. The number of benzene rings is 1. The first-order valence-corrected chi connectivity index (χ1v) is 8.24. The summed E-state index contributed by atoms with van der Waals surface area (Å²) in [5.41, 5.74) is 3.59. The molecule has 1 unspecified atom stereocenters. The molecule has 1 aromatic carbocycles. The highest BCUT2D eigenvalue weighted by atomic mass is 79.9. The van der Waals surface area contributed by atoms with Gasteiger partial charge in [0, 0.05) is 6.42 Å². The van der Waals surface area contributed by atoms with Gasteiger partial charge in [-0.2, -0.15) is 0 Å². The van der Waals surface area contributed by atoms with Crippen molar-refractivity contribution in [3.63, 3.8) is 0 Å². The maximum absolute atomic E-state index is 12.4. The molecule has 0 spiro atoms. The van der Waals surface area contributed by atoms with Crippen LogP contribution in [0.1, 0.15) is 38.9 Å². The zero-order valence-electron chi connectivity index (χ0n) is 11.2. The molecule has 2 aromatic rings. The van der Waals surface area contributed by atoms with Crippen LogP contribution in [0.4, 0.5) is 0 Å². The maximum Gasteiger partial charge on any atom is 0.175 e. The van der Waals surface area contributed by atoms with Crippen LogP contribution in [0.2, 0.25) is 0 Å². The molecule has 0 fully saturated rings. The number of fused-ring (bicyclic) bond motifs is 1. The molecule has 1 aromatic heterocycles. The van der Waals surface area contributed by atoms with E-state index in [1.165, 1.54) is 22.5 Å². The number of carbonyl (C=O) groups excluding carboxylic acids is 1. The van der Waals surface area contributed by atoms with E-state index in [0.717, 1.165) is 20.6 Å². The number of ketones is 1. The highest BCUT2D eigenvalue weighted by Crippen LogP contribution is 2.33. The molecule has 104 valence electrons. The Labute approximate surface area is 130 Å². The zero-order valence-corrected chi connectivity index (χ0v) is 13.6. The molecule has 2 nitrogen and oxygen atoms in total. The van der Waals surface area contributed by atoms with E-state index < -0.39 is 0 Å². The number of hydrogen-bond acceptors (Lipinski definition) is 3. The Kier molecular flexibility index (Phi) is 4.06. The second-order valence-corrected chi connectivity index (χ2v) is 7.37. The predicted molar refractivity (Wildman–Crippen MR) is 84.5 cm³/mol. The van der Waals surface area contributed by atoms with E-state index in [1.807, 2.05) is 25.1 Å². The summed E-state index contributed by atoms with van der Waals surface area (Å²) >= 11 is 4.97. The topological polar surface area (TPSA) is 26.3 Å². The maximum atomic E-state index is 12.4. The van der Waals surface area contributed by atoms with E-state index in [2.05, 4.69) is 28.1 Å². The third-order valence-corrected chi connectivity index (χ3v) is 5.77. The summed E-state index contributed by atoms with van der Waals surface area (Å²) in [6, 6.07) is 10.2. The van der Waals surface area contributed by atoms with Gasteiger partial charge in [0.25, 0.3) is 0 Å². The average molecular weight is 351 g/mol. The second kappa shape index (κ2) is 5.80. The minimum atomic E-state index is -0.103. The van der Waals surface area contributed by atoms with Gasteiger partial charge in [0.2, 0.25) is 0 Å². The van der Waals surface area contributed by atoms with Crippen LogP contribution in [0.3, 0.4) is 0 Å². The van der Waals surface area contributed by atoms with Crippen LogP contribution < -0.4 is 0 Å². The molecule has 1 atom stereocenters. The largest absolute Gasteiger partial charge is 0.373 e. The van der Waals surface area contributed by atoms with E-state index in [1.54, 1.807) is 0 Å². The van der Waals surface area contributed by atoms with E-state index in [4.69, 9.17) is 4.74 Å². The predicted octanol–water partition coefficient (Wildman–Crippen LogP) is 4.71. The molecule has 0 amide bonds. The summed E-state index contributed by atoms with van der Waals surface area (Å²) in [4.78, 5) is 13.2. The summed E-state index contributed by atoms with van der Waals surface area (Å²) < 4.78 is 6.84. The fourth-order valence-corrected chi connectivity index (χ4v) is 4.00. The van der Waals surface area contributed by atoms with Crippen molar-refractivity contribution < 1.29 is 9.53 Å². The molecule has 0 N–H and O–H groups in total. The van der Waals surface area contributed by atoms with Crippen molar-refractivity contribution in [1.82, 2.24) is 0 Å². The van der Waals surface area contributed by atoms with Crippen LogP contribution in [-0.2, 0) is 11.2 Å². The molecule has 0 radical (unpaired) electrons. The molecular formula is C16H15BrO2S. The monoisotopic (exact) mass is 350 g/mol. The van der Waals surface area contributed by atoms with Crippen LogP contribution in [0.5, 0.6) is 0 Å². The first-order chi connectivity index (χ1) is 9.65. The van der Waals surface area contributed by atoms with Crippen molar-refractivity contribution in [2.75, 3.05) is 6.61 Å². The fourth-order valence-electron chi connectivity index (χ4n) is 2.51. The Balaban J connectivity index is 1.80. The second-order valence-electron chi connectivity index (χ2n) is 5.00. The first kappa shape index (κ1) is 14.0. The van der Waals surface area contributed by atoms with Crippen molar-refractivity contribution in [1.29, 1.82) is 0 Å². The molecule has 1 aliphatic heterocycles. The Morgan fingerprint density at radius 3 is 3.00 bits per heavy atom. The number of hydrogen-bond donors (Lipinski definition) is 0. The molecule has 2 heterocycles. The van der Waals surface area contributed by atoms with Crippen LogP contribution >= 0.6 is 27.3 Å². The minimum absolute atomic E-state index is 0.103. The third-order valence-electron chi connectivity index (χ3n) is 3.60. The lowest BCUT2D eigenvalue weighted by Crippen LogP contribution is -2.18. The van der Waals surface area contributed by atoms with E-state index in [9.17, 15) is 4.79 Å². The van der Waals surface area contributed by atoms with E-state index >= 15 is 0 Å². The van der Waals surface area contributed by atoms with Crippen LogP contribution in [-0.4, -0.2) is 12.4 Å². The summed E-state index contributed by atoms with van der Waals surface area (Å²) in [6.07, 6.45) is 1.25. The number of halogens is 1. The van der Waals surface area contributed by atoms with Crippen LogP contribution in [0.15, 0.2) is 34.1 Å². The zero-order chi connectivity index (χ0) is 14.1. The molecule has 3 rings (SSSR count). The van der Waals surface area contributed by atoms with Gasteiger partial charge < -0.3 is 4.74 Å². The highest BCUT2D eigenvalue weighted by Gasteiger charge is 2.24. The lowest BCUT2D eigenvalue weighted by Gasteiger charge is -2.25. The molecule has 0 saturated carbocycles. The van der Waals surface area contributed by atoms with E-state index in [0.29, 0.717) is 13.0 Å². The lowest BCUT2D eigenvalue weighted by atomic mass is 9.94. The normalized spacial score (nSPS) is 17.8. The number of carbonyl (C=O) groups is 1. The Morgan fingerprint density at radius 2 is 2.25 bits per heavy atom. The molecule has 0 aliphatic carbocycles. The number of thiophene rings is 1. The molecular weight excluding hydrogens is 336 g/mol. The smallest absolute Gasteiger partial charge is 0.175 e. The van der Waals surface area contributed by atoms with E-state index in [-0.39, 0.29) is 11.9 Å². The summed E-state index contributed by atoms with van der Waals surface area (Å²) in [6.45, 7) is 2.70. The number of aryl methyl sites for hydroxylation is 1. The fraction of sp³-hybridized carbons (Fsp3) is 0.312. The Hall–Kier alpha value is -0.970. The van der Waals surface area contributed by atoms with Gasteiger partial charge in [0.1, 0.15) is 0 Å². The lowest BCUT2D eigenvalue weighted by molar-refractivity contribution is 0.0353. The van der Waals surface area contributed by atoms with Gasteiger partial charge in [-0.15, -0.1) is 11.3 Å². The van der Waals surface area contributed by atoms with Gasteiger partial charge in [-0.25, -0.2) is 0 Å². The number of rotatable bonds is 3. The Morgan fingerprint density at radius 1 is 1.45 bits per heavy atom. The third kappa shape index (κ3) is 2.73. The number of Topliss-reactive ketones (excluding diaryl/α,β-unsaturated/α-hetero) is 1. The molecule has 0 saturated heterocycles. The Bertz CT molecular complexity index is 628. The van der Waals surface area contributed by atoms with Crippen LogP contribution in [0, 0.1) is 6.92 Å². The van der Waals surface area contributed by atoms with Gasteiger partial charge in [-0.3, -0.25) is 4.79 Å². The van der Waals surface area contributed by atoms with Gasteiger partial charge in [0.05, 0.1) is 21.4 Å². The van der Waals surface area contributed by atoms with Gasteiger partial charge >= 0.3 is 0 Å². The number of ether oxygens (including phenoxy) is 1. The van der Waals surface area contributed by atoms with Gasteiger partial charge in [-0.1, -0.05) is 24.3 Å². The van der Waals surface area contributed by atoms with Crippen molar-refractivity contribution >= 4 is 33.0 Å². The highest BCUT2D eigenvalue weighted by molar-refractivity contribution is 9.11. The summed E-state index contributed by atoms with van der Waals surface area (Å²) in [5, 5.41) is 0. The first-order valence-electron chi connectivity index (χ1n) is 6.63. The standard InChI is InChI=1S/C16H15BrO2S/c1-10-8-15(20-16(10)17)13(18)9-14-12-5-3-2-4-11(12)6-7-19-14/h2-5,8,14H,6-7,9H2,1H3. The minimum Gasteiger partial charge on any atom is -0.373 e. The summed E-state index contributed by atoms with van der Waals surface area (Å²) in [7, 11) is 0. The van der Waals surface area contributed by atoms with Crippen LogP contribution in [0.25, 0.3) is 0 Å². The van der Waals surface area contributed by atoms with Gasteiger partial charge in [-0.05, 0) is 52.0 Å². The summed E-state index contributed by atoms with van der Waals surface area (Å²) in [5.74, 6) is 0.158. The molecule has 0 bridgehead atoms. The van der Waals surface area contributed by atoms with Crippen molar-refractivity contribution in [2.45, 2.75) is 25.9 Å². The molecule has 20 heavy (non-hydrogen) atoms.